The van der Waals surface area contributed by atoms with Crippen molar-refractivity contribution in [3.05, 3.63) is 12.2 Å². The molecule has 0 saturated heterocycles. The van der Waals surface area contributed by atoms with Crippen LogP contribution in [0.2, 0.25) is 0 Å². The fourth-order valence-corrected chi connectivity index (χ4v) is 6.73. The van der Waals surface area contributed by atoms with Gasteiger partial charge in [-0.2, -0.15) is 13.2 Å². The molecule has 4 fully saturated rings. The van der Waals surface area contributed by atoms with Crippen molar-refractivity contribution >= 4 is 15.8 Å². The standard InChI is InChI=1S/C16H21F3O4S/c1-10(2)13(20)23-15-6-11-3-12(7-15)5-14(4-11,8-15)9-24(21,22)16(17,18)19/h11-12H,1,3-9H2,2H3. The molecule has 4 nitrogen and oxygen atoms in total. The number of hydrogen-bond acceptors (Lipinski definition) is 4. The quantitative estimate of drug-likeness (QED) is 0.565. The number of halogens is 3. The molecule has 2 atom stereocenters. The third kappa shape index (κ3) is 2.97. The molecule has 0 N–H and O–H groups in total. The second-order valence-electron chi connectivity index (χ2n) is 8.02. The Balaban J connectivity index is 1.88. The molecule has 0 spiro atoms. The Kier molecular flexibility index (Phi) is 3.87. The second-order valence-corrected chi connectivity index (χ2v) is 10.00. The molecule has 0 aromatic carbocycles. The highest BCUT2D eigenvalue weighted by Crippen LogP contribution is 2.63. The summed E-state index contributed by atoms with van der Waals surface area (Å²) in [6, 6.07) is 0. The predicted octanol–water partition coefficient (Wildman–Crippen LogP) is 3.38. The van der Waals surface area contributed by atoms with Crippen molar-refractivity contribution in [1.82, 2.24) is 0 Å². The van der Waals surface area contributed by atoms with Crippen molar-refractivity contribution in [2.24, 2.45) is 17.3 Å². The van der Waals surface area contributed by atoms with E-state index in [0.29, 0.717) is 25.7 Å². The number of carbonyl (C=O) groups excluding carboxylic acids is 1. The van der Waals surface area contributed by atoms with Gasteiger partial charge in [0, 0.05) is 5.57 Å². The minimum Gasteiger partial charge on any atom is -0.456 e. The van der Waals surface area contributed by atoms with Crippen LogP contribution in [0.4, 0.5) is 13.2 Å². The van der Waals surface area contributed by atoms with E-state index in [4.69, 9.17) is 4.74 Å². The van der Waals surface area contributed by atoms with Gasteiger partial charge >= 0.3 is 11.5 Å². The van der Waals surface area contributed by atoms with Crippen molar-refractivity contribution < 1.29 is 31.1 Å². The first-order valence-corrected chi connectivity index (χ1v) is 9.69. The van der Waals surface area contributed by atoms with Gasteiger partial charge in [-0.3, -0.25) is 0 Å². The van der Waals surface area contributed by atoms with Gasteiger partial charge in [0.25, 0.3) is 0 Å². The van der Waals surface area contributed by atoms with Crippen LogP contribution in [0, 0.1) is 17.3 Å². The SMILES string of the molecule is C=C(C)C(=O)OC12CC3CC(CC(CS(=O)(=O)C(F)(F)F)(C3)C1)C2. The Hall–Kier alpha value is -1.05. The van der Waals surface area contributed by atoms with Gasteiger partial charge < -0.3 is 4.74 Å². The summed E-state index contributed by atoms with van der Waals surface area (Å²) >= 11 is 0. The Morgan fingerprint density at radius 3 is 2.21 bits per heavy atom. The van der Waals surface area contributed by atoms with Crippen LogP contribution < -0.4 is 0 Å². The van der Waals surface area contributed by atoms with Gasteiger partial charge in [0.2, 0.25) is 9.84 Å². The molecule has 4 aliphatic carbocycles. The monoisotopic (exact) mass is 366 g/mol. The molecule has 136 valence electrons. The van der Waals surface area contributed by atoms with Gasteiger partial charge in [-0.25, -0.2) is 13.2 Å². The lowest BCUT2D eigenvalue weighted by Crippen LogP contribution is -2.59. The topological polar surface area (TPSA) is 60.4 Å². The zero-order chi connectivity index (χ0) is 18.0. The van der Waals surface area contributed by atoms with Crippen molar-refractivity contribution in [1.29, 1.82) is 0 Å². The minimum absolute atomic E-state index is 0.118. The fraction of sp³-hybridized carbons (Fsp3) is 0.812. The van der Waals surface area contributed by atoms with Crippen LogP contribution >= 0.6 is 0 Å². The zero-order valence-electron chi connectivity index (χ0n) is 13.5. The van der Waals surface area contributed by atoms with Crippen LogP contribution in [0.25, 0.3) is 0 Å². The number of alkyl halides is 3. The van der Waals surface area contributed by atoms with Gasteiger partial charge in [-0.15, -0.1) is 0 Å². The molecule has 24 heavy (non-hydrogen) atoms. The molecule has 4 aliphatic rings. The summed E-state index contributed by atoms with van der Waals surface area (Å²) in [5.74, 6) is -1.21. The maximum atomic E-state index is 12.8. The average Bonchev–Trinajstić information content (AvgIpc) is 2.32. The van der Waals surface area contributed by atoms with Crippen molar-refractivity contribution in [3.8, 4) is 0 Å². The summed E-state index contributed by atoms with van der Waals surface area (Å²) in [7, 11) is -5.19. The van der Waals surface area contributed by atoms with Crippen molar-refractivity contribution in [2.75, 3.05) is 5.75 Å². The maximum Gasteiger partial charge on any atom is 0.497 e. The van der Waals surface area contributed by atoms with Gasteiger partial charge in [0.05, 0.1) is 5.75 Å². The molecule has 0 aromatic heterocycles. The Bertz CT molecular complexity index is 666. The third-order valence-electron chi connectivity index (χ3n) is 5.64. The zero-order valence-corrected chi connectivity index (χ0v) is 14.3. The molecular formula is C16H21F3O4S. The molecule has 4 saturated carbocycles. The van der Waals surface area contributed by atoms with Gasteiger partial charge in [0.1, 0.15) is 5.60 Å². The van der Waals surface area contributed by atoms with Crippen LogP contribution in [-0.2, 0) is 19.4 Å². The Morgan fingerprint density at radius 2 is 1.75 bits per heavy atom. The molecule has 2 unspecified atom stereocenters. The van der Waals surface area contributed by atoms with E-state index in [1.807, 2.05) is 0 Å². The smallest absolute Gasteiger partial charge is 0.456 e. The number of sulfone groups is 1. The lowest BCUT2D eigenvalue weighted by Gasteiger charge is -2.61. The molecule has 4 bridgehead atoms. The molecule has 8 heteroatoms. The van der Waals surface area contributed by atoms with Gasteiger partial charge in [-0.1, -0.05) is 6.58 Å². The number of ether oxygens (including phenoxy) is 1. The molecule has 0 radical (unpaired) electrons. The summed E-state index contributed by atoms with van der Waals surface area (Å²) in [5.41, 5.74) is -6.77. The normalized spacial score (nSPS) is 38.2. The van der Waals surface area contributed by atoms with Crippen LogP contribution in [0.3, 0.4) is 0 Å². The first-order chi connectivity index (χ1) is 10.9. The van der Waals surface area contributed by atoms with Gasteiger partial charge in [0.15, 0.2) is 0 Å². The van der Waals surface area contributed by atoms with Crippen LogP contribution in [0.15, 0.2) is 12.2 Å². The van der Waals surface area contributed by atoms with E-state index in [-0.39, 0.29) is 23.8 Å². The summed E-state index contributed by atoms with van der Waals surface area (Å²) in [4.78, 5) is 12.0. The van der Waals surface area contributed by atoms with Crippen molar-refractivity contribution in [3.63, 3.8) is 0 Å². The van der Waals surface area contributed by atoms with Crippen LogP contribution in [0.5, 0.6) is 0 Å². The minimum atomic E-state index is -5.24. The largest absolute Gasteiger partial charge is 0.497 e. The van der Waals surface area contributed by atoms with E-state index < -0.39 is 38.1 Å². The summed E-state index contributed by atoms with van der Waals surface area (Å²) in [6.07, 6.45) is 3.21. The van der Waals surface area contributed by atoms with Crippen molar-refractivity contribution in [2.45, 2.75) is 56.6 Å². The van der Waals surface area contributed by atoms with E-state index in [9.17, 15) is 26.4 Å². The van der Waals surface area contributed by atoms with Crippen LogP contribution in [-0.4, -0.2) is 31.2 Å². The Morgan fingerprint density at radius 1 is 1.21 bits per heavy atom. The van der Waals surface area contributed by atoms with E-state index in [0.717, 1.165) is 6.42 Å². The highest BCUT2D eigenvalue weighted by atomic mass is 32.2. The molecule has 0 amide bonds. The van der Waals surface area contributed by atoms with Crippen LogP contribution in [0.1, 0.15) is 45.4 Å². The van der Waals surface area contributed by atoms with Gasteiger partial charge in [-0.05, 0) is 62.7 Å². The van der Waals surface area contributed by atoms with E-state index >= 15 is 0 Å². The summed E-state index contributed by atoms with van der Waals surface area (Å²) in [6.45, 7) is 5.06. The molecular weight excluding hydrogens is 345 g/mol. The van der Waals surface area contributed by atoms with E-state index in [2.05, 4.69) is 6.58 Å². The lowest BCUT2D eigenvalue weighted by molar-refractivity contribution is -0.195. The first kappa shape index (κ1) is 17.8. The first-order valence-electron chi connectivity index (χ1n) is 8.03. The molecule has 4 rings (SSSR count). The highest BCUT2D eigenvalue weighted by Gasteiger charge is 2.62. The summed E-state index contributed by atoms with van der Waals surface area (Å²) in [5, 5.41) is 0. The Labute approximate surface area is 139 Å². The second kappa shape index (κ2) is 5.22. The predicted molar refractivity (Wildman–Crippen MR) is 80.6 cm³/mol. The number of rotatable bonds is 4. The highest BCUT2D eigenvalue weighted by molar-refractivity contribution is 7.92. The average molecular weight is 366 g/mol. The molecule has 0 aromatic rings. The lowest BCUT2D eigenvalue weighted by atomic mass is 9.48. The number of carbonyl (C=O) groups is 1. The third-order valence-corrected chi connectivity index (χ3v) is 7.33. The van der Waals surface area contributed by atoms with E-state index in [1.165, 1.54) is 6.92 Å². The maximum absolute atomic E-state index is 12.8. The number of esters is 1. The van der Waals surface area contributed by atoms with E-state index in [1.54, 1.807) is 0 Å². The fourth-order valence-electron chi connectivity index (χ4n) is 5.42. The molecule has 0 heterocycles. The number of hydrogen-bond donors (Lipinski definition) is 0. The summed E-state index contributed by atoms with van der Waals surface area (Å²) < 4.78 is 67.6. The molecule has 0 aliphatic heterocycles.